The highest BCUT2D eigenvalue weighted by Gasteiger charge is 2.41. The number of anilines is 1. The van der Waals surface area contributed by atoms with E-state index in [0.29, 0.717) is 29.7 Å². The molecule has 2 aliphatic rings. The van der Waals surface area contributed by atoms with E-state index < -0.39 is 0 Å². The summed E-state index contributed by atoms with van der Waals surface area (Å²) in [5.41, 5.74) is 4.36. The molecule has 9 nitrogen and oxygen atoms in total. The standard InChI is InChI=1S/C24H25N7O2/c1-13(32)31-11-15-7-17(8-16(15)12-31)28-24-29-22-21(23(30-24)33-2)18(10-27-22)14-3-4-19-20(9-14)26-6-5-25-19/h3-6,9-10,15-17H,7-8,11-12H2,1-2H3,(H2,27,28,29,30)/t15-,16+,17-. The Balaban J connectivity index is 1.28. The van der Waals surface area contributed by atoms with Crippen LogP contribution in [-0.2, 0) is 4.79 Å². The molecule has 6 rings (SSSR count). The van der Waals surface area contributed by atoms with Crippen LogP contribution in [0, 0.1) is 11.8 Å². The first kappa shape index (κ1) is 19.9. The average Bonchev–Trinajstić information content (AvgIpc) is 3.51. The Morgan fingerprint density at radius 1 is 1.12 bits per heavy atom. The van der Waals surface area contributed by atoms with Gasteiger partial charge >= 0.3 is 0 Å². The van der Waals surface area contributed by atoms with Gasteiger partial charge in [-0.2, -0.15) is 9.97 Å². The van der Waals surface area contributed by atoms with Crippen LogP contribution in [0.15, 0.2) is 36.8 Å². The van der Waals surface area contributed by atoms with Crippen molar-refractivity contribution in [2.75, 3.05) is 25.5 Å². The zero-order valence-corrected chi connectivity index (χ0v) is 18.6. The molecule has 168 valence electrons. The number of fused-ring (bicyclic) bond motifs is 3. The number of hydrogen-bond acceptors (Lipinski definition) is 7. The quantitative estimate of drug-likeness (QED) is 0.498. The maximum atomic E-state index is 11.7. The number of nitrogens with zero attached hydrogens (tertiary/aromatic N) is 5. The smallest absolute Gasteiger partial charge is 0.228 e. The summed E-state index contributed by atoms with van der Waals surface area (Å²) in [7, 11) is 1.63. The van der Waals surface area contributed by atoms with Gasteiger partial charge in [0.2, 0.25) is 17.7 Å². The van der Waals surface area contributed by atoms with E-state index in [-0.39, 0.29) is 5.91 Å². The van der Waals surface area contributed by atoms with Gasteiger partial charge in [0.25, 0.3) is 0 Å². The summed E-state index contributed by atoms with van der Waals surface area (Å²) >= 11 is 0. The van der Waals surface area contributed by atoms with Gasteiger partial charge in [-0.15, -0.1) is 0 Å². The molecule has 1 aliphatic heterocycles. The van der Waals surface area contributed by atoms with E-state index in [4.69, 9.17) is 9.72 Å². The number of H-pyrrole nitrogens is 1. The molecule has 1 aromatic carbocycles. The van der Waals surface area contributed by atoms with Gasteiger partial charge < -0.3 is 19.9 Å². The summed E-state index contributed by atoms with van der Waals surface area (Å²) < 4.78 is 5.67. The van der Waals surface area contributed by atoms with Gasteiger partial charge in [-0.05, 0) is 42.4 Å². The minimum Gasteiger partial charge on any atom is -0.480 e. The van der Waals surface area contributed by atoms with Crippen LogP contribution in [0.2, 0.25) is 0 Å². The van der Waals surface area contributed by atoms with Crippen LogP contribution >= 0.6 is 0 Å². The SMILES string of the molecule is COc1nc(N[C@@H]2C[C@@H]3CN(C(C)=O)C[C@@H]3C2)nc2[nH]cc(-c3ccc4nccnc4c3)c12. The average molecular weight is 444 g/mol. The fourth-order valence-corrected chi connectivity index (χ4v) is 5.43. The first-order valence-electron chi connectivity index (χ1n) is 11.3. The van der Waals surface area contributed by atoms with Gasteiger partial charge in [-0.1, -0.05) is 6.07 Å². The zero-order valence-electron chi connectivity index (χ0n) is 18.6. The lowest BCUT2D eigenvalue weighted by atomic mass is 10.0. The summed E-state index contributed by atoms with van der Waals surface area (Å²) in [5.74, 6) is 2.35. The number of likely N-dealkylation sites (tertiary alicyclic amines) is 1. The second kappa shape index (κ2) is 7.68. The van der Waals surface area contributed by atoms with Crippen molar-refractivity contribution in [1.29, 1.82) is 0 Å². The molecule has 1 aliphatic carbocycles. The number of ether oxygens (including phenoxy) is 1. The highest BCUT2D eigenvalue weighted by Crippen LogP contribution is 2.40. The Labute approximate surface area is 190 Å². The van der Waals surface area contributed by atoms with Gasteiger partial charge in [0, 0.05) is 50.2 Å². The molecule has 2 N–H and O–H groups in total. The van der Waals surface area contributed by atoms with Crippen LogP contribution in [0.3, 0.4) is 0 Å². The number of aromatic nitrogens is 5. The van der Waals surface area contributed by atoms with Crippen LogP contribution in [0.1, 0.15) is 19.8 Å². The molecule has 9 heteroatoms. The number of amides is 1. The lowest BCUT2D eigenvalue weighted by molar-refractivity contribution is -0.128. The van der Waals surface area contributed by atoms with Gasteiger partial charge in [-0.25, -0.2) is 0 Å². The molecule has 0 radical (unpaired) electrons. The first-order chi connectivity index (χ1) is 16.1. The van der Waals surface area contributed by atoms with E-state index in [0.717, 1.165) is 59.1 Å². The fraction of sp³-hybridized carbons (Fsp3) is 0.375. The summed E-state index contributed by atoms with van der Waals surface area (Å²) in [4.78, 5) is 35.1. The molecule has 4 aromatic rings. The molecule has 3 atom stereocenters. The number of aromatic amines is 1. The van der Waals surface area contributed by atoms with Gasteiger partial charge in [0.1, 0.15) is 5.65 Å². The Kier molecular flexibility index (Phi) is 4.63. The number of carbonyl (C=O) groups excluding carboxylic acids is 1. The second-order valence-electron chi connectivity index (χ2n) is 9.00. The molecular formula is C24H25N7O2. The Morgan fingerprint density at radius 2 is 1.88 bits per heavy atom. The maximum absolute atomic E-state index is 11.7. The van der Waals surface area contributed by atoms with Crippen LogP contribution in [0.5, 0.6) is 5.88 Å². The minimum atomic E-state index is 0.174. The molecule has 3 aromatic heterocycles. The van der Waals surface area contributed by atoms with Crippen LogP contribution in [0.25, 0.3) is 33.2 Å². The molecule has 0 bridgehead atoms. The molecule has 1 saturated carbocycles. The Bertz CT molecular complexity index is 1350. The monoisotopic (exact) mass is 443 g/mol. The van der Waals surface area contributed by atoms with Crippen LogP contribution in [0.4, 0.5) is 5.95 Å². The highest BCUT2D eigenvalue weighted by atomic mass is 16.5. The number of hydrogen-bond donors (Lipinski definition) is 2. The van der Waals surface area contributed by atoms with Crippen molar-refractivity contribution in [2.45, 2.75) is 25.8 Å². The zero-order chi connectivity index (χ0) is 22.5. The lowest BCUT2D eigenvalue weighted by Gasteiger charge is -2.18. The van der Waals surface area contributed by atoms with Crippen molar-refractivity contribution in [1.82, 2.24) is 29.8 Å². The van der Waals surface area contributed by atoms with Gasteiger partial charge in [-0.3, -0.25) is 14.8 Å². The van der Waals surface area contributed by atoms with Gasteiger partial charge in [0.05, 0.1) is 23.5 Å². The van der Waals surface area contributed by atoms with Gasteiger partial charge in [0.15, 0.2) is 0 Å². The third-order valence-electron chi connectivity index (χ3n) is 7.00. The minimum absolute atomic E-state index is 0.174. The molecule has 1 amide bonds. The summed E-state index contributed by atoms with van der Waals surface area (Å²) in [6, 6.07) is 6.29. The topological polar surface area (TPSA) is 109 Å². The van der Waals surface area contributed by atoms with E-state index in [9.17, 15) is 4.79 Å². The maximum Gasteiger partial charge on any atom is 0.228 e. The first-order valence-corrected chi connectivity index (χ1v) is 11.3. The Morgan fingerprint density at radius 3 is 2.61 bits per heavy atom. The lowest BCUT2D eigenvalue weighted by Crippen LogP contribution is -2.29. The number of nitrogens with one attached hydrogen (secondary N) is 2. The second-order valence-corrected chi connectivity index (χ2v) is 9.00. The molecule has 33 heavy (non-hydrogen) atoms. The van der Waals surface area contributed by atoms with E-state index in [1.165, 1.54) is 0 Å². The van der Waals surface area contributed by atoms with Crippen molar-refractivity contribution in [3.05, 3.63) is 36.8 Å². The van der Waals surface area contributed by atoms with Crippen molar-refractivity contribution >= 4 is 33.9 Å². The summed E-state index contributed by atoms with van der Waals surface area (Å²) in [5, 5.41) is 4.35. The van der Waals surface area contributed by atoms with Crippen molar-refractivity contribution in [3.8, 4) is 17.0 Å². The predicted octanol–water partition coefficient (Wildman–Crippen LogP) is 3.25. The Hall–Kier alpha value is -3.75. The largest absolute Gasteiger partial charge is 0.480 e. The molecular weight excluding hydrogens is 418 g/mol. The van der Waals surface area contributed by atoms with E-state index in [1.807, 2.05) is 29.3 Å². The summed E-state index contributed by atoms with van der Waals surface area (Å²) in [6.07, 6.45) is 7.35. The third kappa shape index (κ3) is 3.44. The molecule has 4 heterocycles. The van der Waals surface area contributed by atoms with Crippen LogP contribution < -0.4 is 10.1 Å². The number of benzene rings is 1. The third-order valence-corrected chi connectivity index (χ3v) is 7.00. The number of methoxy groups -OCH3 is 1. The highest BCUT2D eigenvalue weighted by molar-refractivity contribution is 5.99. The molecule has 0 spiro atoms. The van der Waals surface area contributed by atoms with Crippen molar-refractivity contribution < 1.29 is 9.53 Å². The summed E-state index contributed by atoms with van der Waals surface area (Å²) in [6.45, 7) is 3.37. The van der Waals surface area contributed by atoms with E-state index in [1.54, 1.807) is 26.4 Å². The molecule has 0 unspecified atom stereocenters. The van der Waals surface area contributed by atoms with Crippen LogP contribution in [-0.4, -0.2) is 62.0 Å². The van der Waals surface area contributed by atoms with E-state index in [2.05, 4.69) is 25.3 Å². The normalized spacial score (nSPS) is 22.1. The number of rotatable bonds is 4. The fourth-order valence-electron chi connectivity index (χ4n) is 5.43. The predicted molar refractivity (Wildman–Crippen MR) is 125 cm³/mol. The molecule has 1 saturated heterocycles. The van der Waals surface area contributed by atoms with Crippen molar-refractivity contribution in [2.24, 2.45) is 11.8 Å². The number of carbonyl (C=O) groups is 1. The van der Waals surface area contributed by atoms with E-state index >= 15 is 0 Å². The molecule has 2 fully saturated rings. The van der Waals surface area contributed by atoms with Crippen molar-refractivity contribution in [3.63, 3.8) is 0 Å².